The average molecular weight is 335 g/mol. The molecule has 0 aromatic heterocycles. The summed E-state index contributed by atoms with van der Waals surface area (Å²) in [6.45, 7) is 0. The second-order valence-corrected chi connectivity index (χ2v) is 2.97. The molecule has 0 amide bonds. The van der Waals surface area contributed by atoms with E-state index in [1.807, 2.05) is 0 Å². The molecule has 0 bridgehead atoms. The van der Waals surface area contributed by atoms with Crippen molar-refractivity contribution in [1.29, 1.82) is 0 Å². The number of carboxylic acid groups (broad SMARTS) is 2. The van der Waals surface area contributed by atoms with Crippen molar-refractivity contribution in [3.63, 3.8) is 0 Å². The molecule has 0 aromatic rings. The van der Waals surface area contributed by atoms with E-state index in [1.165, 1.54) is 0 Å². The maximum Gasteiger partial charge on any atom is 2.00 e. The normalized spacial score (nSPS) is 8.24. The first-order chi connectivity index (χ1) is 5.73. The van der Waals surface area contributed by atoms with Crippen molar-refractivity contribution >= 4 is 73.1 Å². The fourth-order valence-electron chi connectivity index (χ4n) is 0. The molecule has 0 aromatic carbocycles. The molecule has 0 heterocycles. The van der Waals surface area contributed by atoms with Gasteiger partial charge < -0.3 is 17.3 Å². The van der Waals surface area contributed by atoms with E-state index in [2.05, 4.69) is 0 Å². The summed E-state index contributed by atoms with van der Waals surface area (Å²) >= 11 is 0. The molecule has 0 rings (SSSR count). The fourth-order valence-corrected chi connectivity index (χ4v) is 0. The third kappa shape index (κ3) is 1780. The molecule has 0 saturated carbocycles. The van der Waals surface area contributed by atoms with E-state index in [1.54, 1.807) is 0 Å². The number of hydrogen-bond acceptors (Lipinski definition) is 5. The molecule has 0 saturated heterocycles. The van der Waals surface area contributed by atoms with Crippen molar-refractivity contribution in [2.45, 2.75) is 0 Å². The first-order valence-corrected chi connectivity index (χ1v) is 4.84. The molecule has 6 N–H and O–H groups in total. The zero-order valence-corrected chi connectivity index (χ0v) is 14.9. The molecule has 16 heteroatoms. The van der Waals surface area contributed by atoms with Crippen molar-refractivity contribution in [2.75, 3.05) is 0 Å². The molecule has 0 fully saturated rings. The Morgan fingerprint density at radius 2 is 0.765 bits per heavy atom. The van der Waals surface area contributed by atoms with Gasteiger partial charge in [0.2, 0.25) is 0 Å². The molecule has 11 nitrogen and oxygen atoms in total. The summed E-state index contributed by atoms with van der Waals surface area (Å²) in [6, 6.07) is 0. The van der Waals surface area contributed by atoms with Gasteiger partial charge in [0.25, 0.3) is 0 Å². The smallest absolute Gasteiger partial charge is 1.00 e. The quantitative estimate of drug-likeness (QED) is 0.184. The Morgan fingerprint density at radius 3 is 0.765 bits per heavy atom. The zero-order valence-electron chi connectivity index (χ0n) is 13.5. The maximum atomic E-state index is 8.74. The van der Waals surface area contributed by atoms with E-state index < -0.39 is 27.0 Å². The molecular weight excluding hydrogens is 324 g/mol. The van der Waals surface area contributed by atoms with Gasteiger partial charge >= 0.3 is 103 Å². The van der Waals surface area contributed by atoms with E-state index in [-0.39, 0.29) is 82.8 Å². The summed E-state index contributed by atoms with van der Waals surface area (Å²) in [5.41, 5.74) is 0. The number of rotatable bonds is 0. The third-order valence-corrected chi connectivity index (χ3v) is 0. The second-order valence-electron chi connectivity index (χ2n) is 1.18. The SMILES string of the molecule is O=C(O)O.O=S(=O)(O)O.O=S(=O)(O)O.[H-].[H-].[H-].[H-].[H-].[Mg+2].[Mg+2].[Na+]. The monoisotopic (exact) mass is 334 g/mol. The van der Waals surface area contributed by atoms with E-state index in [0.29, 0.717) is 0 Å². The molecule has 0 aliphatic heterocycles. The van der Waals surface area contributed by atoms with Crippen LogP contribution >= 0.6 is 0 Å². The van der Waals surface area contributed by atoms with Gasteiger partial charge in [-0.3, -0.25) is 18.2 Å². The zero-order chi connectivity index (χ0) is 12.6. The molecule has 0 unspecified atom stereocenters. The van der Waals surface area contributed by atoms with E-state index in [0.717, 1.165) is 0 Å². The third-order valence-electron chi connectivity index (χ3n) is 0. The summed E-state index contributed by atoms with van der Waals surface area (Å²) in [7, 11) is -9.33. The summed E-state index contributed by atoms with van der Waals surface area (Å²) < 4.78 is 63.2. The minimum atomic E-state index is -4.67. The minimum Gasteiger partial charge on any atom is -1.00 e. The van der Waals surface area contributed by atoms with E-state index in [9.17, 15) is 0 Å². The molecule has 0 atom stereocenters. The Morgan fingerprint density at radius 1 is 0.765 bits per heavy atom. The topological polar surface area (TPSA) is 207 Å². The molecular formula is CH11Mg2NaO11S2. The Labute approximate surface area is 158 Å². The predicted octanol–water partition coefficient (Wildman–Crippen LogP) is -4.28. The van der Waals surface area contributed by atoms with Crippen LogP contribution in [0.2, 0.25) is 0 Å². The molecule has 0 radical (unpaired) electrons. The summed E-state index contributed by atoms with van der Waals surface area (Å²) in [5.74, 6) is 0. The predicted molar refractivity (Wildman–Crippen MR) is 56.1 cm³/mol. The fraction of sp³-hybridized carbons (Fsp3) is 0. The van der Waals surface area contributed by atoms with Gasteiger partial charge in [-0.1, -0.05) is 0 Å². The minimum absolute atomic E-state index is 0. The van der Waals surface area contributed by atoms with E-state index in [4.69, 9.17) is 50.1 Å². The van der Waals surface area contributed by atoms with Crippen LogP contribution in [0.1, 0.15) is 7.13 Å². The molecule has 0 spiro atoms. The molecule has 98 valence electrons. The number of hydrogen-bond donors (Lipinski definition) is 6. The van der Waals surface area contributed by atoms with Gasteiger partial charge in [-0.05, 0) is 0 Å². The first kappa shape index (κ1) is 36.3. The molecule has 0 aliphatic rings. The van der Waals surface area contributed by atoms with Crippen LogP contribution in [-0.4, -0.2) is 97.5 Å². The van der Waals surface area contributed by atoms with Gasteiger partial charge in [-0.15, -0.1) is 0 Å². The Balaban J connectivity index is -0.00000000779. The van der Waals surface area contributed by atoms with Crippen molar-refractivity contribution in [1.82, 2.24) is 0 Å². The second kappa shape index (κ2) is 17.5. The largest absolute Gasteiger partial charge is 2.00 e. The van der Waals surface area contributed by atoms with E-state index >= 15 is 0 Å². The van der Waals surface area contributed by atoms with Gasteiger partial charge in [0, 0.05) is 0 Å². The Bertz CT molecular complexity index is 311. The summed E-state index contributed by atoms with van der Waals surface area (Å²) in [4.78, 5) is 8.56. The van der Waals surface area contributed by atoms with Crippen LogP contribution < -0.4 is 29.6 Å². The van der Waals surface area contributed by atoms with Crippen molar-refractivity contribution < 1.29 is 86.7 Å². The molecule has 0 aliphatic carbocycles. The Hall–Kier alpha value is 1.54. The standard InChI is InChI=1S/CH2O3.2Mg.Na.2H2O4S.5H/c2-1(3)4;;;;2*1-5(2,3)4;;;;;/h(H2,2,3,4);;;;2*(H2,1,2,3,4);;;;;/q;2*+2;+1;;;5*-1. The van der Waals surface area contributed by atoms with Gasteiger partial charge in [-0.2, -0.15) is 16.8 Å². The molecule has 17 heavy (non-hydrogen) atoms. The van der Waals surface area contributed by atoms with Crippen LogP contribution in [0.3, 0.4) is 0 Å². The van der Waals surface area contributed by atoms with Gasteiger partial charge in [0.1, 0.15) is 0 Å². The van der Waals surface area contributed by atoms with Crippen LogP contribution in [0.5, 0.6) is 0 Å². The van der Waals surface area contributed by atoms with Crippen molar-refractivity contribution in [3.05, 3.63) is 0 Å². The van der Waals surface area contributed by atoms with Gasteiger partial charge in [-0.25, -0.2) is 4.79 Å². The van der Waals surface area contributed by atoms with Crippen LogP contribution in [-0.2, 0) is 20.8 Å². The van der Waals surface area contributed by atoms with Crippen LogP contribution in [0.25, 0.3) is 0 Å². The van der Waals surface area contributed by atoms with Gasteiger partial charge in [0.15, 0.2) is 0 Å². The van der Waals surface area contributed by atoms with Crippen LogP contribution in [0, 0.1) is 0 Å². The van der Waals surface area contributed by atoms with Crippen LogP contribution in [0.4, 0.5) is 4.79 Å². The Kier molecular flexibility index (Phi) is 37.4. The average Bonchev–Trinajstić information content (AvgIpc) is 1.45. The summed E-state index contributed by atoms with van der Waals surface area (Å²) in [6.07, 6.45) is -1.83. The van der Waals surface area contributed by atoms with Crippen molar-refractivity contribution in [3.8, 4) is 0 Å². The van der Waals surface area contributed by atoms with Gasteiger partial charge in [0.05, 0.1) is 0 Å². The number of carbonyl (C=O) groups is 1. The summed E-state index contributed by atoms with van der Waals surface area (Å²) in [5, 5.41) is 13.9. The van der Waals surface area contributed by atoms with Crippen LogP contribution in [0.15, 0.2) is 0 Å². The first-order valence-electron chi connectivity index (χ1n) is 2.05. The maximum absolute atomic E-state index is 8.74. The van der Waals surface area contributed by atoms with Crippen molar-refractivity contribution in [2.24, 2.45) is 0 Å².